The van der Waals surface area contributed by atoms with Gasteiger partial charge < -0.3 is 9.47 Å². The second-order valence-corrected chi connectivity index (χ2v) is 4.90. The lowest BCUT2D eigenvalue weighted by atomic mass is 9.91. The molecule has 0 aliphatic heterocycles. The summed E-state index contributed by atoms with van der Waals surface area (Å²) < 4.78 is 10.5. The van der Waals surface area contributed by atoms with E-state index in [1.807, 2.05) is 12.1 Å². The average Bonchev–Trinajstić information content (AvgIpc) is 2.34. The van der Waals surface area contributed by atoms with Crippen LogP contribution in [-0.2, 0) is 0 Å². The molecule has 0 aliphatic rings. The van der Waals surface area contributed by atoms with Gasteiger partial charge in [-0.2, -0.15) is 0 Å². The van der Waals surface area contributed by atoms with Gasteiger partial charge in [0.2, 0.25) is 0 Å². The Bertz CT molecular complexity index is 350. The number of methoxy groups -OCH3 is 2. The molecule has 0 aromatic heterocycles. The minimum absolute atomic E-state index is 0.372. The first kappa shape index (κ1) is 14.2. The monoisotopic (exact) mass is 256 g/mol. The van der Waals surface area contributed by atoms with Crippen LogP contribution in [0.2, 0.25) is 0 Å². The smallest absolute Gasteiger partial charge is 0.160 e. The summed E-state index contributed by atoms with van der Waals surface area (Å²) in [5.41, 5.74) is 1.21. The van der Waals surface area contributed by atoms with E-state index in [0.29, 0.717) is 17.7 Å². The van der Waals surface area contributed by atoms with Crippen LogP contribution < -0.4 is 9.47 Å². The molecule has 96 valence electrons. The third-order valence-electron chi connectivity index (χ3n) is 2.82. The van der Waals surface area contributed by atoms with Crippen molar-refractivity contribution >= 4 is 11.6 Å². The maximum atomic E-state index is 6.04. The first-order chi connectivity index (χ1) is 8.12. The molecule has 0 heterocycles. The third-order valence-corrected chi connectivity index (χ3v) is 3.19. The minimum atomic E-state index is 0.372. The molecule has 0 aliphatic carbocycles. The normalized spacial score (nSPS) is 12.6. The summed E-state index contributed by atoms with van der Waals surface area (Å²) in [5, 5.41) is 0. The molecule has 0 spiro atoms. The molecular formula is C14H21ClO2. The summed E-state index contributed by atoms with van der Waals surface area (Å²) in [7, 11) is 3.30. The van der Waals surface area contributed by atoms with Crippen molar-refractivity contribution in [3.8, 4) is 11.5 Å². The fraction of sp³-hybridized carbons (Fsp3) is 0.571. The summed E-state index contributed by atoms with van der Waals surface area (Å²) in [5.74, 6) is 3.16. The maximum Gasteiger partial charge on any atom is 0.160 e. The molecule has 1 atom stereocenters. The molecule has 1 rings (SSSR count). The summed E-state index contributed by atoms with van der Waals surface area (Å²) >= 11 is 6.04. The molecular weight excluding hydrogens is 236 g/mol. The molecule has 17 heavy (non-hydrogen) atoms. The number of alkyl halides is 1. The van der Waals surface area contributed by atoms with Gasteiger partial charge in [-0.1, -0.05) is 19.9 Å². The van der Waals surface area contributed by atoms with Crippen LogP contribution in [0.3, 0.4) is 0 Å². The van der Waals surface area contributed by atoms with E-state index in [4.69, 9.17) is 21.1 Å². The second kappa shape index (κ2) is 6.75. The summed E-state index contributed by atoms with van der Waals surface area (Å²) in [6.45, 7) is 4.42. The lowest BCUT2D eigenvalue weighted by Gasteiger charge is -2.18. The molecule has 0 saturated heterocycles. The maximum absolute atomic E-state index is 6.04. The molecule has 2 nitrogen and oxygen atoms in total. The topological polar surface area (TPSA) is 18.5 Å². The molecule has 3 heteroatoms. The van der Waals surface area contributed by atoms with E-state index in [-0.39, 0.29) is 0 Å². The predicted octanol–water partition coefficient (Wildman–Crippen LogP) is 4.07. The quantitative estimate of drug-likeness (QED) is 0.715. The van der Waals surface area contributed by atoms with Crippen LogP contribution in [0.4, 0.5) is 0 Å². The molecule has 0 fully saturated rings. The summed E-state index contributed by atoms with van der Waals surface area (Å²) in [6.07, 6.45) is 1.08. The molecule has 1 aromatic carbocycles. The van der Waals surface area contributed by atoms with E-state index in [1.165, 1.54) is 5.56 Å². The Morgan fingerprint density at radius 1 is 1.12 bits per heavy atom. The zero-order valence-corrected chi connectivity index (χ0v) is 11.8. The first-order valence-electron chi connectivity index (χ1n) is 5.90. The van der Waals surface area contributed by atoms with Crippen molar-refractivity contribution in [2.75, 3.05) is 20.1 Å². The molecule has 1 aromatic rings. The van der Waals surface area contributed by atoms with Crippen molar-refractivity contribution < 1.29 is 9.47 Å². The first-order valence-corrected chi connectivity index (χ1v) is 6.43. The Kier molecular flexibility index (Phi) is 5.63. The van der Waals surface area contributed by atoms with Gasteiger partial charge in [-0.3, -0.25) is 0 Å². The number of hydrogen-bond acceptors (Lipinski definition) is 2. The number of ether oxygens (including phenoxy) is 2. The Morgan fingerprint density at radius 2 is 1.76 bits per heavy atom. The van der Waals surface area contributed by atoms with Crippen LogP contribution in [0.5, 0.6) is 11.5 Å². The number of benzene rings is 1. The summed E-state index contributed by atoms with van der Waals surface area (Å²) in [6, 6.07) is 6.03. The van der Waals surface area contributed by atoms with Gasteiger partial charge in [0.15, 0.2) is 11.5 Å². The summed E-state index contributed by atoms with van der Waals surface area (Å²) in [4.78, 5) is 0. The lowest BCUT2D eigenvalue weighted by molar-refractivity contribution is 0.354. The molecule has 1 unspecified atom stereocenters. The fourth-order valence-corrected chi connectivity index (χ4v) is 2.27. The van der Waals surface area contributed by atoms with Crippen LogP contribution >= 0.6 is 11.6 Å². The largest absolute Gasteiger partial charge is 0.493 e. The van der Waals surface area contributed by atoms with Crippen molar-refractivity contribution in [1.82, 2.24) is 0 Å². The van der Waals surface area contributed by atoms with Gasteiger partial charge in [-0.15, -0.1) is 11.6 Å². The van der Waals surface area contributed by atoms with Crippen LogP contribution in [0, 0.1) is 5.92 Å². The van der Waals surface area contributed by atoms with E-state index in [0.717, 1.165) is 17.9 Å². The van der Waals surface area contributed by atoms with Gasteiger partial charge in [0.05, 0.1) is 14.2 Å². The van der Waals surface area contributed by atoms with Crippen LogP contribution in [0.25, 0.3) is 0 Å². The second-order valence-electron chi connectivity index (χ2n) is 4.60. The lowest BCUT2D eigenvalue weighted by Crippen LogP contribution is -2.05. The zero-order chi connectivity index (χ0) is 12.8. The van der Waals surface area contributed by atoms with Gasteiger partial charge in [0.1, 0.15) is 0 Å². The molecule has 0 amide bonds. The van der Waals surface area contributed by atoms with Crippen LogP contribution in [0.1, 0.15) is 31.7 Å². The highest BCUT2D eigenvalue weighted by atomic mass is 35.5. The van der Waals surface area contributed by atoms with Crippen molar-refractivity contribution in [1.29, 1.82) is 0 Å². The van der Waals surface area contributed by atoms with E-state index < -0.39 is 0 Å². The van der Waals surface area contributed by atoms with Gasteiger partial charge >= 0.3 is 0 Å². The molecule has 0 radical (unpaired) electrons. The third kappa shape index (κ3) is 3.81. The highest BCUT2D eigenvalue weighted by Crippen LogP contribution is 2.33. The van der Waals surface area contributed by atoms with Crippen molar-refractivity contribution in [3.05, 3.63) is 23.8 Å². The molecule has 0 bridgehead atoms. The minimum Gasteiger partial charge on any atom is -0.493 e. The van der Waals surface area contributed by atoms with E-state index in [1.54, 1.807) is 14.2 Å². The standard InChI is InChI=1S/C14H21ClO2/c1-10(2)7-12(9-15)11-5-6-13(16-3)14(8-11)17-4/h5-6,8,10,12H,7,9H2,1-4H3. The fourth-order valence-electron chi connectivity index (χ4n) is 1.96. The number of halogens is 1. The predicted molar refractivity (Wildman–Crippen MR) is 72.5 cm³/mol. The zero-order valence-electron chi connectivity index (χ0n) is 11.0. The van der Waals surface area contributed by atoms with Gasteiger partial charge in [0.25, 0.3) is 0 Å². The molecule has 0 saturated carbocycles. The van der Waals surface area contributed by atoms with Crippen molar-refractivity contribution in [2.45, 2.75) is 26.2 Å². The van der Waals surface area contributed by atoms with E-state index in [9.17, 15) is 0 Å². The van der Waals surface area contributed by atoms with Gasteiger partial charge in [-0.05, 0) is 36.0 Å². The van der Waals surface area contributed by atoms with Gasteiger partial charge in [0, 0.05) is 5.88 Å². The Hall–Kier alpha value is -0.890. The SMILES string of the molecule is COc1ccc(C(CCl)CC(C)C)cc1OC. The van der Waals surface area contributed by atoms with E-state index in [2.05, 4.69) is 19.9 Å². The van der Waals surface area contributed by atoms with Crippen molar-refractivity contribution in [2.24, 2.45) is 5.92 Å². The highest BCUT2D eigenvalue weighted by Gasteiger charge is 2.14. The van der Waals surface area contributed by atoms with Gasteiger partial charge in [-0.25, -0.2) is 0 Å². The average molecular weight is 257 g/mol. The number of rotatable bonds is 6. The highest BCUT2D eigenvalue weighted by molar-refractivity contribution is 6.18. The van der Waals surface area contributed by atoms with Crippen molar-refractivity contribution in [3.63, 3.8) is 0 Å². The van der Waals surface area contributed by atoms with Crippen LogP contribution in [-0.4, -0.2) is 20.1 Å². The van der Waals surface area contributed by atoms with Crippen LogP contribution in [0.15, 0.2) is 18.2 Å². The van der Waals surface area contributed by atoms with E-state index >= 15 is 0 Å². The Labute approximate surface area is 109 Å². The number of hydrogen-bond donors (Lipinski definition) is 0. The Balaban J connectivity index is 2.96. The molecule has 0 N–H and O–H groups in total. The Morgan fingerprint density at radius 3 is 2.24 bits per heavy atom.